The summed E-state index contributed by atoms with van der Waals surface area (Å²) in [4.78, 5) is 24.8. The fourth-order valence-electron chi connectivity index (χ4n) is 7.03. The van der Waals surface area contributed by atoms with Crippen molar-refractivity contribution in [3.05, 3.63) is 17.6 Å². The molecule has 1 aromatic rings. The van der Waals surface area contributed by atoms with Crippen LogP contribution in [0, 0.1) is 16.7 Å². The van der Waals surface area contributed by atoms with E-state index in [1.807, 2.05) is 6.07 Å². The van der Waals surface area contributed by atoms with Crippen molar-refractivity contribution in [2.24, 2.45) is 11.3 Å². The normalized spacial score (nSPS) is 34.9. The highest BCUT2D eigenvalue weighted by Gasteiger charge is 2.51. The molecule has 1 aromatic heterocycles. The molecule has 5 rings (SSSR count). The summed E-state index contributed by atoms with van der Waals surface area (Å²) in [6, 6.07) is 2.30. The van der Waals surface area contributed by atoms with Crippen LogP contribution in [0.4, 0.5) is 0 Å². The number of nitrogens with one attached hydrogen (secondary N) is 2. The molecular formula is C27H41N5O3. The Morgan fingerprint density at radius 1 is 1.23 bits per heavy atom. The number of ketones is 1. The van der Waals surface area contributed by atoms with Crippen molar-refractivity contribution in [3.8, 4) is 5.88 Å². The van der Waals surface area contributed by atoms with Gasteiger partial charge in [0, 0.05) is 36.9 Å². The standard InChI is InChI=1S/C27H41N5O3/c1-17(21-8-6-14-32(21)2)35-23-15-20(18-10-13-29-16-18)30-26(31-23)24(28)19-7-5-12-27(25(19)34)11-4-3-9-22(27)33/h15,17-19,21,25,28-29,34H,3-14,16H2,1-2H3/t17-,18?,19?,21-,25+,27+/m0/s1. The molecular weight excluding hydrogens is 442 g/mol. The Morgan fingerprint density at radius 2 is 2.06 bits per heavy atom. The van der Waals surface area contributed by atoms with Gasteiger partial charge < -0.3 is 20.6 Å². The Balaban J connectivity index is 1.42. The highest BCUT2D eigenvalue weighted by Crippen LogP contribution is 2.48. The summed E-state index contributed by atoms with van der Waals surface area (Å²) in [5.74, 6) is 0.885. The molecule has 8 nitrogen and oxygen atoms in total. The fourth-order valence-corrected chi connectivity index (χ4v) is 7.03. The summed E-state index contributed by atoms with van der Waals surface area (Å²) in [5, 5.41) is 23.9. The minimum atomic E-state index is -0.840. The second kappa shape index (κ2) is 10.2. The second-order valence-corrected chi connectivity index (χ2v) is 11.3. The van der Waals surface area contributed by atoms with Gasteiger partial charge >= 0.3 is 0 Å². The highest BCUT2D eigenvalue weighted by molar-refractivity contribution is 5.98. The van der Waals surface area contributed by atoms with Gasteiger partial charge in [0.1, 0.15) is 11.9 Å². The van der Waals surface area contributed by atoms with Crippen LogP contribution in [0.2, 0.25) is 0 Å². The number of likely N-dealkylation sites (tertiary alicyclic amines) is 1. The maximum Gasteiger partial charge on any atom is 0.217 e. The number of aromatic nitrogens is 2. The van der Waals surface area contributed by atoms with Gasteiger partial charge in [-0.25, -0.2) is 4.98 Å². The number of ether oxygens (including phenoxy) is 1. The van der Waals surface area contributed by atoms with Crippen LogP contribution in [0.5, 0.6) is 5.88 Å². The number of carbonyl (C=O) groups is 1. The van der Waals surface area contributed by atoms with Gasteiger partial charge in [0.15, 0.2) is 5.82 Å². The largest absolute Gasteiger partial charge is 0.473 e. The van der Waals surface area contributed by atoms with Gasteiger partial charge in [-0.3, -0.25) is 9.69 Å². The van der Waals surface area contributed by atoms with Gasteiger partial charge in [-0.05, 0) is 72.0 Å². The third-order valence-corrected chi connectivity index (χ3v) is 9.16. The monoisotopic (exact) mass is 483 g/mol. The summed E-state index contributed by atoms with van der Waals surface area (Å²) in [7, 11) is 2.14. The average Bonchev–Trinajstić information content (AvgIpc) is 3.54. The zero-order valence-corrected chi connectivity index (χ0v) is 21.3. The molecule has 0 aromatic carbocycles. The molecule has 4 aliphatic rings. The van der Waals surface area contributed by atoms with E-state index in [1.165, 1.54) is 6.42 Å². The molecule has 3 N–H and O–H groups in total. The maximum atomic E-state index is 12.9. The lowest BCUT2D eigenvalue weighted by atomic mass is 9.59. The predicted octanol–water partition coefficient (Wildman–Crippen LogP) is 3.07. The Hall–Kier alpha value is -1.90. The lowest BCUT2D eigenvalue weighted by Crippen LogP contribution is -2.52. The van der Waals surface area contributed by atoms with Crippen molar-refractivity contribution in [1.82, 2.24) is 20.2 Å². The van der Waals surface area contributed by atoms with E-state index in [9.17, 15) is 9.90 Å². The summed E-state index contributed by atoms with van der Waals surface area (Å²) >= 11 is 0. The number of Topliss-reactive ketones (excluding diaryl/α,β-unsaturated/α-hetero) is 1. The lowest BCUT2D eigenvalue weighted by Gasteiger charge is -2.46. The Labute approximate surface area is 208 Å². The molecule has 1 spiro atoms. The van der Waals surface area contributed by atoms with Crippen molar-refractivity contribution >= 4 is 11.5 Å². The van der Waals surface area contributed by atoms with E-state index >= 15 is 0 Å². The zero-order chi connectivity index (χ0) is 24.6. The van der Waals surface area contributed by atoms with Gasteiger partial charge in [0.05, 0.1) is 22.9 Å². The van der Waals surface area contributed by atoms with Gasteiger partial charge in [0.25, 0.3) is 0 Å². The van der Waals surface area contributed by atoms with Gasteiger partial charge in [-0.2, -0.15) is 4.98 Å². The lowest BCUT2D eigenvalue weighted by molar-refractivity contribution is -0.145. The van der Waals surface area contributed by atoms with Crippen LogP contribution in [0.15, 0.2) is 6.07 Å². The molecule has 2 saturated heterocycles. The van der Waals surface area contributed by atoms with Crippen molar-refractivity contribution in [2.75, 3.05) is 26.7 Å². The third-order valence-electron chi connectivity index (χ3n) is 9.16. The van der Waals surface area contributed by atoms with Crippen LogP contribution < -0.4 is 10.1 Å². The Kier molecular flexibility index (Phi) is 7.24. The number of carbonyl (C=O) groups excluding carboxylic acids is 1. The van der Waals surface area contributed by atoms with Gasteiger partial charge in [-0.1, -0.05) is 12.8 Å². The topological polar surface area (TPSA) is 111 Å². The number of nitrogens with zero attached hydrogens (tertiary/aromatic N) is 3. The maximum absolute atomic E-state index is 12.9. The second-order valence-electron chi connectivity index (χ2n) is 11.3. The van der Waals surface area contributed by atoms with Gasteiger partial charge in [0.2, 0.25) is 5.88 Å². The zero-order valence-electron chi connectivity index (χ0n) is 21.3. The number of rotatable bonds is 6. The molecule has 2 aliphatic carbocycles. The van der Waals surface area contributed by atoms with Crippen molar-refractivity contribution in [2.45, 2.75) is 95.3 Å². The van der Waals surface area contributed by atoms with E-state index in [4.69, 9.17) is 20.1 Å². The molecule has 6 atom stereocenters. The molecule has 3 heterocycles. The molecule has 2 saturated carbocycles. The summed E-state index contributed by atoms with van der Waals surface area (Å²) < 4.78 is 6.37. The molecule has 0 amide bonds. The first-order valence-electron chi connectivity index (χ1n) is 13.7. The molecule has 0 radical (unpaired) electrons. The van der Waals surface area contributed by atoms with Crippen molar-refractivity contribution in [1.29, 1.82) is 5.41 Å². The minimum absolute atomic E-state index is 0.0163. The molecule has 0 bridgehead atoms. The quantitative estimate of drug-likeness (QED) is 0.533. The van der Waals surface area contributed by atoms with Crippen LogP contribution in [-0.2, 0) is 4.79 Å². The molecule has 192 valence electrons. The molecule has 4 fully saturated rings. The van der Waals surface area contributed by atoms with Crippen LogP contribution in [-0.4, -0.2) is 76.4 Å². The average molecular weight is 484 g/mol. The van der Waals surface area contributed by atoms with Crippen LogP contribution >= 0.6 is 0 Å². The van der Waals surface area contributed by atoms with E-state index < -0.39 is 17.4 Å². The summed E-state index contributed by atoms with van der Waals surface area (Å²) in [6.07, 6.45) is 7.83. The number of hydrogen-bond acceptors (Lipinski definition) is 8. The van der Waals surface area contributed by atoms with E-state index in [-0.39, 0.29) is 23.5 Å². The Bertz CT molecular complexity index is 945. The fraction of sp³-hybridized carbons (Fsp3) is 0.778. The number of hydrogen-bond donors (Lipinski definition) is 3. The predicted molar refractivity (Wildman–Crippen MR) is 134 cm³/mol. The summed E-state index contributed by atoms with van der Waals surface area (Å²) in [5.41, 5.74) is 0.458. The van der Waals surface area contributed by atoms with E-state index in [1.54, 1.807) is 0 Å². The Morgan fingerprint density at radius 3 is 2.77 bits per heavy atom. The van der Waals surface area contributed by atoms with E-state index in [0.717, 1.165) is 70.3 Å². The van der Waals surface area contributed by atoms with Crippen LogP contribution in [0.1, 0.15) is 88.6 Å². The van der Waals surface area contributed by atoms with Gasteiger partial charge in [-0.15, -0.1) is 0 Å². The first kappa shape index (κ1) is 24.8. The van der Waals surface area contributed by atoms with Crippen molar-refractivity contribution < 1.29 is 14.6 Å². The number of aliphatic hydroxyl groups excluding tert-OH is 1. The first-order valence-corrected chi connectivity index (χ1v) is 13.7. The molecule has 2 unspecified atom stereocenters. The smallest absolute Gasteiger partial charge is 0.217 e. The van der Waals surface area contributed by atoms with Crippen molar-refractivity contribution in [3.63, 3.8) is 0 Å². The van der Waals surface area contributed by atoms with Crippen LogP contribution in [0.3, 0.4) is 0 Å². The molecule has 8 heteroatoms. The molecule has 35 heavy (non-hydrogen) atoms. The SMILES string of the molecule is C[C@H](Oc1cc(C2CCNC2)nc(C(=N)C2CCC[C@@]3(CCCCC3=O)[C@@H]2O)n1)[C@@H]1CCCN1C. The number of likely N-dealkylation sites (N-methyl/N-ethyl adjacent to an activating group) is 1. The number of aliphatic hydroxyl groups is 1. The highest BCUT2D eigenvalue weighted by atomic mass is 16.5. The van der Waals surface area contributed by atoms with E-state index in [0.29, 0.717) is 30.6 Å². The molecule has 2 aliphatic heterocycles. The summed E-state index contributed by atoms with van der Waals surface area (Å²) in [6.45, 7) is 4.98. The van der Waals surface area contributed by atoms with E-state index in [2.05, 4.69) is 24.2 Å². The van der Waals surface area contributed by atoms with Crippen LogP contribution in [0.25, 0.3) is 0 Å². The first-order chi connectivity index (χ1) is 16.9. The third kappa shape index (κ3) is 4.77. The minimum Gasteiger partial charge on any atom is -0.473 e.